The Morgan fingerprint density at radius 2 is 2.08 bits per heavy atom. The first-order valence-electron chi connectivity index (χ1n) is 12.7. The third-order valence-corrected chi connectivity index (χ3v) is 8.37. The topological polar surface area (TPSA) is 114 Å². The molecule has 3 aromatic rings. The summed E-state index contributed by atoms with van der Waals surface area (Å²) in [4.78, 5) is 30.9. The molecule has 0 fully saturated rings. The minimum absolute atomic E-state index is 0.0625. The normalized spacial score (nSPS) is 21.8. The van der Waals surface area contributed by atoms with Crippen molar-refractivity contribution in [2.24, 2.45) is 0 Å². The fraction of sp³-hybridized carbons (Fsp3) is 0.393. The van der Waals surface area contributed by atoms with Gasteiger partial charge >= 0.3 is 0 Å². The average Bonchev–Trinajstić information content (AvgIpc) is 3.28. The van der Waals surface area contributed by atoms with E-state index in [0.29, 0.717) is 56.5 Å². The Morgan fingerprint density at radius 1 is 1.33 bits per heavy atom. The van der Waals surface area contributed by atoms with Crippen molar-refractivity contribution >= 4 is 16.8 Å². The summed E-state index contributed by atoms with van der Waals surface area (Å²) < 4.78 is 48.1. The molecule has 11 heteroatoms. The van der Waals surface area contributed by atoms with Gasteiger partial charge in [-0.3, -0.25) is 9.59 Å². The first-order valence-corrected chi connectivity index (χ1v) is 12.7. The Hall–Kier alpha value is -3.70. The van der Waals surface area contributed by atoms with Gasteiger partial charge in [0, 0.05) is 22.6 Å². The number of benzene rings is 1. The van der Waals surface area contributed by atoms with E-state index in [0.717, 1.165) is 0 Å². The van der Waals surface area contributed by atoms with Crippen LogP contribution in [0.3, 0.4) is 0 Å². The van der Waals surface area contributed by atoms with Gasteiger partial charge in [-0.2, -0.15) is 0 Å². The number of halogens is 3. The number of fused-ring (bicyclic) bond motifs is 5. The highest BCUT2D eigenvalue weighted by molar-refractivity contribution is 5.93. The van der Waals surface area contributed by atoms with E-state index < -0.39 is 35.9 Å². The van der Waals surface area contributed by atoms with E-state index in [1.54, 1.807) is 19.9 Å². The van der Waals surface area contributed by atoms with Crippen molar-refractivity contribution in [2.45, 2.75) is 70.4 Å². The maximum absolute atomic E-state index is 14.9. The zero-order valence-electron chi connectivity index (χ0n) is 21.3. The molecule has 0 radical (unpaired) electrons. The molecule has 1 amide bonds. The van der Waals surface area contributed by atoms with Gasteiger partial charge in [0.15, 0.2) is 6.10 Å². The monoisotopic (exact) mass is 541 g/mol. The molecule has 3 N–H and O–H groups in total. The minimum Gasteiger partial charge on any atom is -0.490 e. The molecule has 1 unspecified atom stereocenters. The summed E-state index contributed by atoms with van der Waals surface area (Å²) in [7, 11) is 0. The number of hydrogen-bond acceptors (Lipinski definition) is 6. The first kappa shape index (κ1) is 25.6. The molecule has 0 saturated carbocycles. The molecule has 0 bridgehead atoms. The fourth-order valence-corrected chi connectivity index (χ4v) is 6.19. The quantitative estimate of drug-likeness (QED) is 0.366. The smallest absolute Gasteiger partial charge is 0.273 e. The lowest BCUT2D eigenvalue weighted by Gasteiger charge is -2.35. The molecular formula is C28H26F3N3O5. The lowest BCUT2D eigenvalue weighted by atomic mass is 9.81. The fourth-order valence-electron chi connectivity index (χ4n) is 6.19. The van der Waals surface area contributed by atoms with Gasteiger partial charge < -0.3 is 24.8 Å². The molecule has 4 heterocycles. The van der Waals surface area contributed by atoms with Crippen LogP contribution in [0.15, 0.2) is 29.3 Å². The first-order chi connectivity index (χ1) is 18.5. The molecule has 8 nitrogen and oxygen atoms in total. The van der Waals surface area contributed by atoms with Crippen molar-refractivity contribution in [2.75, 3.05) is 0 Å². The number of alkyl halides is 2. The minimum atomic E-state index is -3.26. The number of aliphatic hydroxyl groups is 2. The van der Waals surface area contributed by atoms with Crippen LogP contribution in [-0.4, -0.2) is 38.2 Å². The predicted molar refractivity (Wildman–Crippen MR) is 135 cm³/mol. The van der Waals surface area contributed by atoms with Crippen LogP contribution in [0.2, 0.25) is 0 Å². The third kappa shape index (κ3) is 3.49. The van der Waals surface area contributed by atoms with Gasteiger partial charge in [-0.1, -0.05) is 13.5 Å². The Balaban J connectivity index is 1.61. The van der Waals surface area contributed by atoms with Crippen LogP contribution in [0, 0.1) is 12.7 Å². The predicted octanol–water partition coefficient (Wildman–Crippen LogP) is 3.24. The van der Waals surface area contributed by atoms with Crippen LogP contribution in [0.4, 0.5) is 13.2 Å². The van der Waals surface area contributed by atoms with Crippen LogP contribution in [0.5, 0.6) is 0 Å². The van der Waals surface area contributed by atoms with Gasteiger partial charge in [0.1, 0.15) is 23.8 Å². The molecule has 6 rings (SSSR count). The summed E-state index contributed by atoms with van der Waals surface area (Å²) in [6.45, 7) is 7.21. The zero-order valence-corrected chi connectivity index (χ0v) is 21.3. The van der Waals surface area contributed by atoms with Crippen LogP contribution in [0.25, 0.3) is 22.3 Å². The molecule has 2 aromatic heterocycles. The number of hydrogen-bond donors (Lipinski definition) is 3. The lowest BCUT2D eigenvalue weighted by molar-refractivity contribution is -0.138. The Bertz CT molecular complexity index is 1670. The lowest BCUT2D eigenvalue weighted by Crippen LogP contribution is -2.42. The van der Waals surface area contributed by atoms with E-state index in [1.165, 1.54) is 10.6 Å². The van der Waals surface area contributed by atoms with Crippen LogP contribution < -0.4 is 10.9 Å². The molecule has 204 valence electrons. The van der Waals surface area contributed by atoms with Crippen molar-refractivity contribution in [3.05, 3.63) is 74.0 Å². The summed E-state index contributed by atoms with van der Waals surface area (Å²) in [6.07, 6.45) is -4.93. The summed E-state index contributed by atoms with van der Waals surface area (Å²) in [6, 6.07) is 2.18. The van der Waals surface area contributed by atoms with Crippen molar-refractivity contribution in [1.29, 1.82) is 0 Å². The number of aliphatic hydroxyl groups excluding tert-OH is 1. The van der Waals surface area contributed by atoms with Crippen molar-refractivity contribution in [3.63, 3.8) is 0 Å². The second kappa shape index (κ2) is 8.65. The summed E-state index contributed by atoms with van der Waals surface area (Å²) in [5.74, 6) is -1.55. The number of aromatic nitrogens is 2. The zero-order chi connectivity index (χ0) is 28.0. The number of amides is 1. The summed E-state index contributed by atoms with van der Waals surface area (Å²) in [5, 5.41) is 24.2. The maximum atomic E-state index is 14.9. The third-order valence-electron chi connectivity index (χ3n) is 8.37. The van der Waals surface area contributed by atoms with Crippen LogP contribution >= 0.6 is 0 Å². The maximum Gasteiger partial charge on any atom is 0.273 e. The van der Waals surface area contributed by atoms with Gasteiger partial charge in [0.25, 0.3) is 17.9 Å². The number of nitrogens with zero attached hydrogens (tertiary/aromatic N) is 2. The largest absolute Gasteiger partial charge is 0.490 e. The second-order valence-corrected chi connectivity index (χ2v) is 10.3. The van der Waals surface area contributed by atoms with Crippen molar-refractivity contribution < 1.29 is 32.9 Å². The van der Waals surface area contributed by atoms with Gasteiger partial charge in [0.05, 0.1) is 35.1 Å². The number of aryl methyl sites for hydroxylation is 1. The van der Waals surface area contributed by atoms with Crippen molar-refractivity contribution in [1.82, 2.24) is 14.9 Å². The molecule has 1 aliphatic carbocycles. The summed E-state index contributed by atoms with van der Waals surface area (Å²) >= 11 is 0. The number of pyridine rings is 2. The molecule has 3 atom stereocenters. The van der Waals surface area contributed by atoms with E-state index >= 15 is 0 Å². The van der Waals surface area contributed by atoms with Gasteiger partial charge in [-0.15, -0.1) is 0 Å². The highest BCUT2D eigenvalue weighted by atomic mass is 19.3. The van der Waals surface area contributed by atoms with Crippen LogP contribution in [0.1, 0.15) is 59.2 Å². The summed E-state index contributed by atoms with van der Waals surface area (Å²) in [5.41, 5.74) is 2.02. The molecular weight excluding hydrogens is 515 g/mol. The SMILES string of the molecule is C=C1OCc2c(cc3n(c2=O)Cc2c-3nc3cc(F)c(C)c4c3c2[C@@H](NC(=O)C(O)C(F)F)CC4)[C@@]1(O)CC. The van der Waals surface area contributed by atoms with Crippen LogP contribution in [-0.2, 0) is 34.7 Å². The molecule has 1 aromatic carbocycles. The Labute approximate surface area is 220 Å². The van der Waals surface area contributed by atoms with Gasteiger partial charge in [-0.05, 0) is 48.9 Å². The second-order valence-electron chi connectivity index (χ2n) is 10.3. The van der Waals surface area contributed by atoms with E-state index in [1.807, 2.05) is 0 Å². The number of carbonyl (C=O) groups is 1. The van der Waals surface area contributed by atoms with E-state index in [4.69, 9.17) is 9.72 Å². The highest BCUT2D eigenvalue weighted by Crippen LogP contribution is 2.46. The van der Waals surface area contributed by atoms with E-state index in [-0.39, 0.29) is 42.9 Å². The molecule has 3 aliphatic rings. The Kier molecular flexibility index (Phi) is 5.67. The molecule has 2 aliphatic heterocycles. The molecule has 39 heavy (non-hydrogen) atoms. The standard InChI is InChI=1S/C28H26F3N3O5/c1-4-28(38)12(3)39-10-15-16(28)7-20-23-14(9-34(20)27(15)37)22-18(33-26(36)24(35)25(30)31)6-5-13-11(2)17(29)8-19(32-23)21(13)22/h7-8,18,24-25,35,38H,3-6,9-10H2,1-2H3,(H,33,36)/t18-,24?,28+/m0/s1. The molecule has 0 spiro atoms. The average molecular weight is 542 g/mol. The highest BCUT2D eigenvalue weighted by Gasteiger charge is 2.42. The van der Waals surface area contributed by atoms with Gasteiger partial charge in [-0.25, -0.2) is 18.2 Å². The number of carbonyl (C=O) groups excluding carboxylic acids is 1. The number of rotatable bonds is 4. The van der Waals surface area contributed by atoms with E-state index in [2.05, 4.69) is 11.9 Å². The van der Waals surface area contributed by atoms with Crippen molar-refractivity contribution in [3.8, 4) is 11.4 Å². The van der Waals surface area contributed by atoms with E-state index in [9.17, 15) is 33.0 Å². The number of ether oxygens (including phenoxy) is 1. The molecule has 0 saturated heterocycles. The number of nitrogens with one attached hydrogen (secondary N) is 1. The Morgan fingerprint density at radius 3 is 2.77 bits per heavy atom. The van der Waals surface area contributed by atoms with Gasteiger partial charge in [0.2, 0.25) is 0 Å².